The Labute approximate surface area is 125 Å². The van der Waals surface area contributed by atoms with E-state index in [9.17, 15) is 14.7 Å². The van der Waals surface area contributed by atoms with E-state index in [-0.39, 0.29) is 6.03 Å². The van der Waals surface area contributed by atoms with Crippen LogP contribution >= 0.6 is 0 Å². The molecule has 3 unspecified atom stereocenters. The minimum Gasteiger partial charge on any atom is -0.480 e. The normalized spacial score (nSPS) is 36.9. The van der Waals surface area contributed by atoms with E-state index in [1.165, 1.54) is 6.42 Å². The van der Waals surface area contributed by atoms with Crippen molar-refractivity contribution in [2.24, 2.45) is 0 Å². The standard InChI is InChI=1S/C15H25N3O3/c1-15(13(19)20)7-3-8-18(15)14(21)17-9-6-11-4-5-12(10-17)16(11)2/h11-12H,3-10H2,1-2H3,(H,19,20). The van der Waals surface area contributed by atoms with Gasteiger partial charge in [0, 0.05) is 31.7 Å². The van der Waals surface area contributed by atoms with Crippen LogP contribution in [0.2, 0.25) is 0 Å². The Morgan fingerprint density at radius 2 is 1.86 bits per heavy atom. The van der Waals surface area contributed by atoms with Gasteiger partial charge in [0.1, 0.15) is 5.54 Å². The zero-order chi connectivity index (χ0) is 15.2. The van der Waals surface area contributed by atoms with E-state index < -0.39 is 11.5 Å². The Kier molecular flexibility index (Phi) is 3.59. The molecule has 0 aromatic heterocycles. The zero-order valence-corrected chi connectivity index (χ0v) is 12.9. The Morgan fingerprint density at radius 3 is 2.57 bits per heavy atom. The van der Waals surface area contributed by atoms with E-state index in [1.54, 1.807) is 11.8 Å². The first-order valence-electron chi connectivity index (χ1n) is 7.95. The second-order valence-electron chi connectivity index (χ2n) is 6.90. The summed E-state index contributed by atoms with van der Waals surface area (Å²) < 4.78 is 0. The first-order valence-corrected chi connectivity index (χ1v) is 7.95. The van der Waals surface area contributed by atoms with E-state index in [2.05, 4.69) is 11.9 Å². The summed E-state index contributed by atoms with van der Waals surface area (Å²) in [5.41, 5.74) is -1.03. The third kappa shape index (κ3) is 2.29. The highest BCUT2D eigenvalue weighted by Gasteiger charge is 2.48. The Morgan fingerprint density at radius 1 is 1.14 bits per heavy atom. The molecule has 0 radical (unpaired) electrons. The lowest BCUT2D eigenvalue weighted by molar-refractivity contribution is -0.147. The molecule has 3 aliphatic heterocycles. The second-order valence-corrected chi connectivity index (χ2v) is 6.90. The van der Waals surface area contributed by atoms with Gasteiger partial charge in [-0.2, -0.15) is 0 Å². The largest absolute Gasteiger partial charge is 0.480 e. The summed E-state index contributed by atoms with van der Waals surface area (Å²) in [6.45, 7) is 3.72. The van der Waals surface area contributed by atoms with Gasteiger partial charge in [-0.15, -0.1) is 0 Å². The number of carbonyl (C=O) groups is 2. The third-order valence-electron chi connectivity index (χ3n) is 5.75. The summed E-state index contributed by atoms with van der Waals surface area (Å²) in [5.74, 6) is -0.887. The van der Waals surface area contributed by atoms with Crippen molar-refractivity contribution in [3.63, 3.8) is 0 Å². The minimum absolute atomic E-state index is 0.0849. The van der Waals surface area contributed by atoms with Crippen molar-refractivity contribution in [3.8, 4) is 0 Å². The van der Waals surface area contributed by atoms with E-state index in [1.807, 2.05) is 4.90 Å². The number of aliphatic carboxylic acids is 1. The highest BCUT2D eigenvalue weighted by Crippen LogP contribution is 2.33. The fraction of sp³-hybridized carbons (Fsp3) is 0.867. The SMILES string of the molecule is CN1C2CCC1CN(C(=O)N1CCCC1(C)C(=O)O)CC2. The maximum absolute atomic E-state index is 12.8. The van der Waals surface area contributed by atoms with Crippen LogP contribution < -0.4 is 0 Å². The fourth-order valence-corrected chi connectivity index (χ4v) is 4.15. The van der Waals surface area contributed by atoms with Gasteiger partial charge in [-0.05, 0) is 46.1 Å². The van der Waals surface area contributed by atoms with Crippen LogP contribution in [0.5, 0.6) is 0 Å². The summed E-state index contributed by atoms with van der Waals surface area (Å²) in [6, 6.07) is 0.927. The van der Waals surface area contributed by atoms with Crippen LogP contribution in [0.3, 0.4) is 0 Å². The number of likely N-dealkylation sites (N-methyl/N-ethyl adjacent to an activating group) is 1. The van der Waals surface area contributed by atoms with Crippen molar-refractivity contribution in [3.05, 3.63) is 0 Å². The minimum atomic E-state index is -1.03. The molecule has 2 amide bonds. The van der Waals surface area contributed by atoms with Gasteiger partial charge >= 0.3 is 12.0 Å². The number of carbonyl (C=O) groups excluding carboxylic acids is 1. The highest BCUT2D eigenvalue weighted by atomic mass is 16.4. The number of hydrogen-bond donors (Lipinski definition) is 1. The maximum atomic E-state index is 12.8. The molecular formula is C15H25N3O3. The van der Waals surface area contributed by atoms with Gasteiger partial charge in [0.2, 0.25) is 0 Å². The summed E-state index contributed by atoms with van der Waals surface area (Å²) in [4.78, 5) is 30.2. The smallest absolute Gasteiger partial charge is 0.329 e. The molecule has 3 atom stereocenters. The molecular weight excluding hydrogens is 270 g/mol. The maximum Gasteiger partial charge on any atom is 0.329 e. The number of hydrogen-bond acceptors (Lipinski definition) is 3. The molecule has 0 saturated carbocycles. The van der Waals surface area contributed by atoms with Crippen molar-refractivity contribution in [1.29, 1.82) is 0 Å². The zero-order valence-electron chi connectivity index (χ0n) is 12.9. The lowest BCUT2D eigenvalue weighted by Crippen LogP contribution is -2.56. The van der Waals surface area contributed by atoms with Crippen LogP contribution in [0.4, 0.5) is 4.79 Å². The average Bonchev–Trinajstić information content (AvgIpc) is 2.91. The molecule has 3 aliphatic rings. The molecule has 1 N–H and O–H groups in total. The highest BCUT2D eigenvalue weighted by molar-refractivity contribution is 5.86. The van der Waals surface area contributed by atoms with Crippen LogP contribution in [0.1, 0.15) is 39.0 Å². The molecule has 0 aromatic rings. The Balaban J connectivity index is 1.75. The Hall–Kier alpha value is -1.30. The molecule has 3 heterocycles. The lowest BCUT2D eigenvalue weighted by Gasteiger charge is -2.36. The Bertz CT molecular complexity index is 455. The molecule has 6 heteroatoms. The lowest BCUT2D eigenvalue weighted by atomic mass is 9.99. The fourth-order valence-electron chi connectivity index (χ4n) is 4.15. The molecule has 3 saturated heterocycles. The number of carboxylic acids is 1. The van der Waals surface area contributed by atoms with Gasteiger partial charge in [0.05, 0.1) is 0 Å². The topological polar surface area (TPSA) is 64.1 Å². The molecule has 118 valence electrons. The molecule has 0 aliphatic carbocycles. The molecule has 3 fully saturated rings. The number of nitrogens with zero attached hydrogens (tertiary/aromatic N) is 3. The first-order chi connectivity index (χ1) is 9.93. The van der Waals surface area contributed by atoms with E-state index in [0.29, 0.717) is 25.0 Å². The molecule has 6 nitrogen and oxygen atoms in total. The number of urea groups is 1. The van der Waals surface area contributed by atoms with Gasteiger partial charge < -0.3 is 14.9 Å². The summed E-state index contributed by atoms with van der Waals surface area (Å²) in [6.07, 6.45) is 4.68. The van der Waals surface area contributed by atoms with Crippen molar-refractivity contribution in [2.45, 2.75) is 56.7 Å². The van der Waals surface area contributed by atoms with Gasteiger partial charge in [-0.25, -0.2) is 9.59 Å². The van der Waals surface area contributed by atoms with Gasteiger partial charge in [0.15, 0.2) is 0 Å². The number of rotatable bonds is 1. The van der Waals surface area contributed by atoms with E-state index >= 15 is 0 Å². The van der Waals surface area contributed by atoms with Gasteiger partial charge in [-0.3, -0.25) is 4.90 Å². The van der Waals surface area contributed by atoms with E-state index in [4.69, 9.17) is 0 Å². The number of carboxylic acid groups (broad SMARTS) is 1. The van der Waals surface area contributed by atoms with Crippen molar-refractivity contribution in [2.75, 3.05) is 26.7 Å². The van der Waals surface area contributed by atoms with Crippen LogP contribution in [-0.4, -0.2) is 76.1 Å². The van der Waals surface area contributed by atoms with Crippen molar-refractivity contribution < 1.29 is 14.7 Å². The van der Waals surface area contributed by atoms with Crippen molar-refractivity contribution >= 4 is 12.0 Å². The van der Waals surface area contributed by atoms with Gasteiger partial charge in [0.25, 0.3) is 0 Å². The van der Waals surface area contributed by atoms with Crippen LogP contribution in [-0.2, 0) is 4.79 Å². The summed E-state index contributed by atoms with van der Waals surface area (Å²) in [5, 5.41) is 9.47. The van der Waals surface area contributed by atoms with Crippen LogP contribution in [0.25, 0.3) is 0 Å². The molecule has 0 aromatic carbocycles. The molecule has 2 bridgehead atoms. The van der Waals surface area contributed by atoms with Crippen LogP contribution in [0.15, 0.2) is 0 Å². The predicted molar refractivity (Wildman–Crippen MR) is 78.1 cm³/mol. The summed E-state index contributed by atoms with van der Waals surface area (Å²) in [7, 11) is 2.15. The molecule has 21 heavy (non-hydrogen) atoms. The number of likely N-dealkylation sites (tertiary alicyclic amines) is 2. The quantitative estimate of drug-likeness (QED) is 0.790. The first kappa shape index (κ1) is 14.6. The van der Waals surface area contributed by atoms with E-state index in [0.717, 1.165) is 32.4 Å². The number of fused-ring (bicyclic) bond motifs is 2. The second kappa shape index (κ2) is 5.16. The summed E-state index contributed by atoms with van der Waals surface area (Å²) >= 11 is 0. The average molecular weight is 295 g/mol. The third-order valence-corrected chi connectivity index (χ3v) is 5.75. The van der Waals surface area contributed by atoms with Crippen LogP contribution in [0, 0.1) is 0 Å². The predicted octanol–water partition coefficient (Wildman–Crippen LogP) is 1.21. The number of amides is 2. The van der Waals surface area contributed by atoms with Gasteiger partial charge in [-0.1, -0.05) is 0 Å². The molecule has 3 rings (SSSR count). The monoisotopic (exact) mass is 295 g/mol. The van der Waals surface area contributed by atoms with Crippen molar-refractivity contribution in [1.82, 2.24) is 14.7 Å². The molecule has 0 spiro atoms.